The van der Waals surface area contributed by atoms with Gasteiger partial charge in [0.15, 0.2) is 0 Å². The Kier molecular flexibility index (Phi) is 5.09. The highest BCUT2D eigenvalue weighted by Crippen LogP contribution is 2.28. The van der Waals surface area contributed by atoms with Crippen molar-refractivity contribution in [3.63, 3.8) is 0 Å². The van der Waals surface area contributed by atoms with E-state index in [1.807, 2.05) is 0 Å². The summed E-state index contributed by atoms with van der Waals surface area (Å²) < 4.78 is 0. The van der Waals surface area contributed by atoms with Crippen molar-refractivity contribution in [3.05, 3.63) is 75.3 Å². The van der Waals surface area contributed by atoms with Gasteiger partial charge in [-0.05, 0) is 17.4 Å². The Labute approximate surface area is 157 Å². The molecule has 27 heavy (non-hydrogen) atoms. The molecule has 0 atom stereocenters. The van der Waals surface area contributed by atoms with Crippen molar-refractivity contribution >= 4 is 39.0 Å². The Hall–Kier alpha value is -3.39. The van der Waals surface area contributed by atoms with Gasteiger partial charge in [0.1, 0.15) is 21.2 Å². The summed E-state index contributed by atoms with van der Waals surface area (Å²) in [6.07, 6.45) is 1.52. The van der Waals surface area contributed by atoms with Crippen LogP contribution in [-0.2, 0) is 12.8 Å². The normalized spacial score (nSPS) is 10.7. The number of aromatic nitrogens is 3. The van der Waals surface area contributed by atoms with E-state index in [9.17, 15) is 30.3 Å². The van der Waals surface area contributed by atoms with Gasteiger partial charge in [0.2, 0.25) is 0 Å². The van der Waals surface area contributed by atoms with Gasteiger partial charge < -0.3 is 0 Å². The third-order valence-corrected chi connectivity index (χ3v) is 5.22. The fourth-order valence-corrected chi connectivity index (χ4v) is 3.87. The molecule has 0 radical (unpaired) electrons. The molecule has 0 aliphatic rings. The van der Waals surface area contributed by atoms with Crippen LogP contribution in [0.5, 0.6) is 0 Å². The molecule has 3 rings (SSSR count). The van der Waals surface area contributed by atoms with Crippen molar-refractivity contribution in [2.45, 2.75) is 12.8 Å². The molecule has 0 aliphatic carbocycles. The molecule has 0 spiro atoms. The second kappa shape index (κ2) is 7.46. The maximum absolute atomic E-state index is 11.2. The second-order valence-electron chi connectivity index (χ2n) is 5.12. The Morgan fingerprint density at radius 2 is 1.56 bits per heavy atom. The number of benzene rings is 1. The third kappa shape index (κ3) is 4.24. The summed E-state index contributed by atoms with van der Waals surface area (Å²) in [7, 11) is 0. The van der Waals surface area contributed by atoms with Gasteiger partial charge in [-0.2, -0.15) is 0 Å². The lowest BCUT2D eigenvalue weighted by atomic mass is 10.1. The molecular weight excluding hydrogens is 400 g/mol. The Balaban J connectivity index is 1.78. The second-order valence-corrected chi connectivity index (χ2v) is 7.36. The van der Waals surface area contributed by atoms with E-state index in [1.54, 1.807) is 0 Å². The maximum Gasteiger partial charge on any atom is 0.343 e. The summed E-state index contributed by atoms with van der Waals surface area (Å²) in [4.78, 5) is 34.7. The first kappa shape index (κ1) is 18.4. The molecule has 0 amide bonds. The van der Waals surface area contributed by atoms with Gasteiger partial charge in [0, 0.05) is 18.1 Å². The first-order valence-electron chi connectivity index (χ1n) is 7.15. The minimum absolute atomic E-state index is 0.0729. The van der Waals surface area contributed by atoms with Crippen LogP contribution in [0.15, 0.2) is 24.4 Å². The predicted molar refractivity (Wildman–Crippen MR) is 94.0 cm³/mol. The summed E-state index contributed by atoms with van der Waals surface area (Å²) in [6, 6.07) is 3.42. The van der Waals surface area contributed by atoms with Gasteiger partial charge in [-0.25, -0.2) is 4.98 Å². The molecule has 0 unspecified atom stereocenters. The van der Waals surface area contributed by atoms with Gasteiger partial charge in [-0.15, -0.1) is 21.5 Å². The number of nitro groups is 3. The lowest BCUT2D eigenvalue weighted by molar-refractivity contribution is -0.394. The molecule has 3 aromatic rings. The highest BCUT2D eigenvalue weighted by molar-refractivity contribution is 7.15. The molecule has 1 aromatic carbocycles. The van der Waals surface area contributed by atoms with Gasteiger partial charge in [-0.1, -0.05) is 0 Å². The van der Waals surface area contributed by atoms with Crippen molar-refractivity contribution in [1.82, 2.24) is 15.2 Å². The monoisotopic (exact) mass is 408 g/mol. The van der Waals surface area contributed by atoms with E-state index < -0.39 is 14.8 Å². The molecular formula is C13H8N6O6S2. The largest absolute Gasteiger partial charge is 0.343 e. The summed E-state index contributed by atoms with van der Waals surface area (Å²) >= 11 is 2.12. The number of hydrogen-bond donors (Lipinski definition) is 0. The van der Waals surface area contributed by atoms with Crippen LogP contribution < -0.4 is 0 Å². The van der Waals surface area contributed by atoms with Crippen LogP contribution in [0.25, 0.3) is 0 Å². The van der Waals surface area contributed by atoms with E-state index in [0.29, 0.717) is 15.0 Å². The molecule has 138 valence electrons. The Bertz CT molecular complexity index is 1050. The number of nitro benzene ring substituents is 2. The van der Waals surface area contributed by atoms with Crippen LogP contribution in [0.3, 0.4) is 0 Å². The molecule has 0 aliphatic heterocycles. The summed E-state index contributed by atoms with van der Waals surface area (Å²) in [5.74, 6) is 0. The smallest absolute Gasteiger partial charge is 0.258 e. The molecule has 0 saturated carbocycles. The quantitative estimate of drug-likeness (QED) is 0.421. The van der Waals surface area contributed by atoms with Crippen molar-refractivity contribution < 1.29 is 14.8 Å². The number of nitrogens with zero attached hydrogens (tertiary/aromatic N) is 6. The average Bonchev–Trinajstić information content (AvgIpc) is 3.25. The van der Waals surface area contributed by atoms with Gasteiger partial charge in [0.25, 0.3) is 11.4 Å². The van der Waals surface area contributed by atoms with Crippen LogP contribution in [0.1, 0.15) is 20.6 Å². The fraction of sp³-hybridized carbons (Fsp3) is 0.154. The number of rotatable bonds is 7. The van der Waals surface area contributed by atoms with Gasteiger partial charge in [0.05, 0.1) is 27.3 Å². The highest BCUT2D eigenvalue weighted by atomic mass is 32.1. The van der Waals surface area contributed by atoms with Crippen LogP contribution in [0.2, 0.25) is 0 Å². The Morgan fingerprint density at radius 3 is 2.15 bits per heavy atom. The number of hydrogen-bond acceptors (Lipinski definition) is 11. The minimum Gasteiger partial charge on any atom is -0.258 e. The lowest BCUT2D eigenvalue weighted by Crippen LogP contribution is -1.98. The van der Waals surface area contributed by atoms with E-state index in [0.717, 1.165) is 17.4 Å². The zero-order chi connectivity index (χ0) is 19.6. The van der Waals surface area contributed by atoms with E-state index in [-0.39, 0.29) is 34.8 Å². The first-order valence-corrected chi connectivity index (χ1v) is 8.79. The summed E-state index contributed by atoms with van der Waals surface area (Å²) in [6.45, 7) is 0. The zero-order valence-corrected chi connectivity index (χ0v) is 14.8. The highest BCUT2D eigenvalue weighted by Gasteiger charge is 2.21. The van der Waals surface area contributed by atoms with Crippen molar-refractivity contribution in [2.75, 3.05) is 0 Å². The van der Waals surface area contributed by atoms with Crippen LogP contribution in [-0.4, -0.2) is 30.0 Å². The van der Waals surface area contributed by atoms with Crippen molar-refractivity contribution in [3.8, 4) is 0 Å². The molecule has 2 heterocycles. The SMILES string of the molecule is O=[N+]([O-])c1ccc(Cc2nnc(Cc3ncc([N+](=O)[O-])s3)s2)c([N+](=O)[O-])c1. The third-order valence-electron chi connectivity index (χ3n) is 3.35. The molecule has 0 N–H and O–H groups in total. The first-order chi connectivity index (χ1) is 12.8. The zero-order valence-electron chi connectivity index (χ0n) is 13.2. The molecule has 0 bridgehead atoms. The summed E-state index contributed by atoms with van der Waals surface area (Å²) in [5.41, 5.74) is -0.455. The predicted octanol–water partition coefficient (Wildman–Crippen LogP) is 2.90. The van der Waals surface area contributed by atoms with Crippen molar-refractivity contribution in [2.24, 2.45) is 0 Å². The van der Waals surface area contributed by atoms with E-state index in [2.05, 4.69) is 15.2 Å². The van der Waals surface area contributed by atoms with Crippen LogP contribution in [0, 0.1) is 30.3 Å². The van der Waals surface area contributed by atoms with E-state index in [1.165, 1.54) is 29.7 Å². The minimum atomic E-state index is -0.701. The molecule has 12 nitrogen and oxygen atoms in total. The number of thiazole rings is 1. The van der Waals surface area contributed by atoms with Crippen LogP contribution >= 0.6 is 22.7 Å². The number of non-ortho nitro benzene ring substituents is 1. The standard InChI is InChI=1S/C13H8N6O6S2/c20-17(21)8-2-1-7(9(4-8)18(22)23)3-11-15-16-12(26-11)5-10-14-6-13(27-10)19(24)25/h1-2,4,6H,3,5H2. The van der Waals surface area contributed by atoms with Gasteiger partial charge in [-0.3, -0.25) is 30.3 Å². The average molecular weight is 408 g/mol. The van der Waals surface area contributed by atoms with E-state index >= 15 is 0 Å². The molecule has 0 fully saturated rings. The van der Waals surface area contributed by atoms with Crippen molar-refractivity contribution in [1.29, 1.82) is 0 Å². The molecule has 14 heteroatoms. The summed E-state index contributed by atoms with van der Waals surface area (Å²) in [5, 5.41) is 42.0. The van der Waals surface area contributed by atoms with E-state index in [4.69, 9.17) is 0 Å². The van der Waals surface area contributed by atoms with Crippen LogP contribution in [0.4, 0.5) is 16.4 Å². The molecule has 0 saturated heterocycles. The molecule has 2 aromatic heterocycles. The lowest BCUT2D eigenvalue weighted by Gasteiger charge is -2.00. The maximum atomic E-state index is 11.2. The Morgan fingerprint density at radius 1 is 0.852 bits per heavy atom. The van der Waals surface area contributed by atoms with Gasteiger partial charge >= 0.3 is 5.00 Å². The topological polar surface area (TPSA) is 168 Å². The fourth-order valence-electron chi connectivity index (χ4n) is 2.18.